The van der Waals surface area contributed by atoms with Crippen molar-refractivity contribution < 1.29 is 13.4 Å². The lowest BCUT2D eigenvalue weighted by atomic mass is 9.64. The molecule has 5 heteroatoms. The number of benzene rings is 8. The molecule has 1 spiro atoms. The van der Waals surface area contributed by atoms with Crippen LogP contribution in [0.15, 0.2) is 195 Å². The first-order valence-corrected chi connectivity index (χ1v) is 20.7. The van der Waals surface area contributed by atoms with E-state index in [0.717, 1.165) is 82.0 Å². The van der Waals surface area contributed by atoms with Gasteiger partial charge in [0.1, 0.15) is 22.3 Å². The highest BCUT2D eigenvalue weighted by molar-refractivity contribution is 7.99. The number of furan rings is 2. The van der Waals surface area contributed by atoms with Gasteiger partial charge in [0, 0.05) is 47.2 Å². The van der Waals surface area contributed by atoms with E-state index < -0.39 is 12.6 Å². The van der Waals surface area contributed by atoms with Crippen LogP contribution in [0.5, 0.6) is 0 Å². The molecule has 0 saturated carbocycles. The lowest BCUT2D eigenvalue weighted by molar-refractivity contribution is 0.589. The molecule has 54 heavy (non-hydrogen) atoms. The van der Waals surface area contributed by atoms with Crippen molar-refractivity contribution in [1.82, 2.24) is 0 Å². The van der Waals surface area contributed by atoms with Gasteiger partial charge in [-0.1, -0.05) is 139 Å². The van der Waals surface area contributed by atoms with Gasteiger partial charge in [-0.05, 0) is 81.9 Å². The molecule has 12 rings (SSSR count). The Balaban J connectivity index is 1.19. The van der Waals surface area contributed by atoms with Gasteiger partial charge >= 0.3 is 0 Å². The zero-order valence-corrected chi connectivity index (χ0v) is 30.5. The van der Waals surface area contributed by atoms with E-state index in [1.54, 1.807) is 0 Å². The van der Waals surface area contributed by atoms with Crippen molar-refractivity contribution in [3.63, 3.8) is 0 Å². The topological polar surface area (TPSA) is 43.4 Å². The molecule has 4 heterocycles. The smallest absolute Gasteiger partial charge is 0.171 e. The SMILES string of the molecule is O=P1(c2ccccc2)c2ccccc2C2(c3ccccc3Sc3cc(-c4ccc5c(c4)oc4ccccc45)ccc32)c2cc3c(cc21)oc1ccccc13. The molecule has 2 aliphatic rings. The molecule has 0 saturated heterocycles. The third-order valence-corrected chi connectivity index (χ3v) is 15.9. The van der Waals surface area contributed by atoms with Crippen molar-refractivity contribution in [3.8, 4) is 11.1 Å². The summed E-state index contributed by atoms with van der Waals surface area (Å²) in [4.78, 5) is 2.36. The fourth-order valence-electron chi connectivity index (χ4n) is 9.29. The van der Waals surface area contributed by atoms with E-state index in [1.807, 2.05) is 72.4 Å². The first kappa shape index (κ1) is 30.4. The van der Waals surface area contributed by atoms with Crippen molar-refractivity contribution in [1.29, 1.82) is 0 Å². The molecular formula is C49H29O3PS. The maximum Gasteiger partial charge on any atom is 0.171 e. The van der Waals surface area contributed by atoms with Crippen LogP contribution in [-0.4, -0.2) is 0 Å². The van der Waals surface area contributed by atoms with Crippen LogP contribution in [-0.2, 0) is 9.98 Å². The predicted molar refractivity (Wildman–Crippen MR) is 222 cm³/mol. The number of rotatable bonds is 2. The van der Waals surface area contributed by atoms with Crippen molar-refractivity contribution in [2.45, 2.75) is 15.2 Å². The van der Waals surface area contributed by atoms with Gasteiger partial charge in [-0.25, -0.2) is 0 Å². The minimum Gasteiger partial charge on any atom is -0.456 e. The van der Waals surface area contributed by atoms with Crippen molar-refractivity contribution in [2.75, 3.05) is 0 Å². The monoisotopic (exact) mass is 728 g/mol. The molecule has 0 radical (unpaired) electrons. The highest BCUT2D eigenvalue weighted by Crippen LogP contribution is 2.62. The Morgan fingerprint density at radius 1 is 0.407 bits per heavy atom. The Labute approximate surface area is 315 Å². The third-order valence-electron chi connectivity index (χ3n) is 11.6. The van der Waals surface area contributed by atoms with Gasteiger partial charge in [-0.15, -0.1) is 0 Å². The van der Waals surface area contributed by atoms with E-state index in [4.69, 9.17) is 8.83 Å². The van der Waals surface area contributed by atoms with Gasteiger partial charge in [-0.3, -0.25) is 0 Å². The van der Waals surface area contributed by atoms with Crippen molar-refractivity contribution in [2.24, 2.45) is 0 Å². The lowest BCUT2D eigenvalue weighted by Gasteiger charge is -2.47. The Morgan fingerprint density at radius 3 is 1.81 bits per heavy atom. The van der Waals surface area contributed by atoms with E-state index in [-0.39, 0.29) is 0 Å². The molecule has 3 nitrogen and oxygen atoms in total. The highest BCUT2D eigenvalue weighted by atomic mass is 32.2. The third kappa shape index (κ3) is 3.92. The van der Waals surface area contributed by atoms with Crippen LogP contribution in [0.2, 0.25) is 0 Å². The summed E-state index contributed by atoms with van der Waals surface area (Å²) in [7, 11) is -3.38. The zero-order valence-electron chi connectivity index (χ0n) is 28.8. The minimum atomic E-state index is -3.38. The Bertz CT molecular complexity index is 3250. The van der Waals surface area contributed by atoms with Gasteiger partial charge in [0.25, 0.3) is 0 Å². The summed E-state index contributed by atoms with van der Waals surface area (Å²) >= 11 is 1.81. The van der Waals surface area contributed by atoms with Crippen LogP contribution in [0.4, 0.5) is 0 Å². The molecule has 2 unspecified atom stereocenters. The molecule has 0 N–H and O–H groups in total. The lowest BCUT2D eigenvalue weighted by Crippen LogP contribution is -2.48. The predicted octanol–water partition coefficient (Wildman–Crippen LogP) is 12.0. The summed E-state index contributed by atoms with van der Waals surface area (Å²) in [6, 6.07) is 61.5. The van der Waals surface area contributed by atoms with E-state index in [1.165, 1.54) is 20.9 Å². The van der Waals surface area contributed by atoms with Crippen LogP contribution in [0, 0.1) is 0 Å². The average Bonchev–Trinajstić information content (AvgIpc) is 3.79. The second-order valence-corrected chi connectivity index (χ2v) is 18.1. The van der Waals surface area contributed by atoms with E-state index in [2.05, 4.69) is 115 Å². The van der Waals surface area contributed by atoms with E-state index in [9.17, 15) is 0 Å². The molecule has 2 aliphatic heterocycles. The van der Waals surface area contributed by atoms with Crippen LogP contribution >= 0.6 is 18.9 Å². The summed E-state index contributed by atoms with van der Waals surface area (Å²) in [5.74, 6) is 0. The van der Waals surface area contributed by atoms with E-state index in [0.29, 0.717) is 0 Å². The number of fused-ring (bicyclic) bond motifs is 14. The van der Waals surface area contributed by atoms with Crippen LogP contribution in [0.25, 0.3) is 55.0 Å². The minimum absolute atomic E-state index is 0.746. The molecule has 0 aliphatic carbocycles. The largest absolute Gasteiger partial charge is 0.456 e. The summed E-state index contributed by atoms with van der Waals surface area (Å²) < 4.78 is 29.2. The van der Waals surface area contributed by atoms with Gasteiger partial charge in [0.05, 0.1) is 5.41 Å². The number of hydrogen-bond acceptors (Lipinski definition) is 4. The first-order valence-electron chi connectivity index (χ1n) is 18.2. The normalized spacial score (nSPS) is 18.5. The summed E-state index contributed by atoms with van der Waals surface area (Å²) in [6.45, 7) is 0. The molecular weight excluding hydrogens is 700 g/mol. The zero-order chi connectivity index (χ0) is 35.6. The van der Waals surface area contributed by atoms with E-state index >= 15 is 4.57 Å². The number of para-hydroxylation sites is 2. The maximum atomic E-state index is 16.3. The average molecular weight is 729 g/mol. The fourth-order valence-corrected chi connectivity index (χ4v) is 13.7. The highest BCUT2D eigenvalue weighted by Gasteiger charge is 2.54. The van der Waals surface area contributed by atoms with Crippen LogP contribution in [0.1, 0.15) is 22.3 Å². The standard InChI is InChI=1S/C49H29O3PS/c50-53(32-12-2-1-3-13-32)45-20-10-6-16-37(45)49(40-28-36-34-15-5-9-19-42(34)52-44(36)29-46(40)53)38-17-7-11-21-47(38)54-48-27-31(23-25-39(48)49)30-22-24-35-33-14-4-8-18-41(33)51-43(35)26-30/h1-29H. The van der Waals surface area contributed by atoms with Crippen molar-refractivity contribution in [3.05, 3.63) is 198 Å². The van der Waals surface area contributed by atoms with Crippen LogP contribution in [0.3, 0.4) is 0 Å². The Morgan fingerprint density at radius 2 is 1.00 bits per heavy atom. The van der Waals surface area contributed by atoms with Gasteiger partial charge in [-0.2, -0.15) is 0 Å². The quantitative estimate of drug-likeness (QED) is 0.166. The molecule has 2 atom stereocenters. The van der Waals surface area contributed by atoms with Crippen LogP contribution < -0.4 is 15.9 Å². The molecule has 0 bridgehead atoms. The summed E-state index contributed by atoms with van der Waals surface area (Å²) in [5.41, 5.74) is 9.28. The van der Waals surface area contributed by atoms with Crippen molar-refractivity contribution >= 4 is 78.7 Å². The molecule has 0 amide bonds. The summed E-state index contributed by atoms with van der Waals surface area (Å²) in [5, 5.41) is 6.83. The van der Waals surface area contributed by atoms with Gasteiger partial charge in [0.2, 0.25) is 0 Å². The Kier molecular flexibility index (Phi) is 6.19. The first-order chi connectivity index (χ1) is 26.6. The molecule has 10 aromatic rings. The fraction of sp³-hybridized carbons (Fsp3) is 0.0204. The number of hydrogen-bond donors (Lipinski definition) is 0. The maximum absolute atomic E-state index is 16.3. The second-order valence-electron chi connectivity index (χ2n) is 14.3. The molecule has 0 fully saturated rings. The second kappa shape index (κ2) is 11.0. The summed E-state index contributed by atoms with van der Waals surface area (Å²) in [6.07, 6.45) is 0. The van der Waals surface area contributed by atoms with Gasteiger partial charge in [0.15, 0.2) is 7.14 Å². The molecule has 8 aromatic carbocycles. The molecule has 2 aromatic heterocycles. The Hall–Kier alpha value is -6.06. The van der Waals surface area contributed by atoms with Gasteiger partial charge < -0.3 is 13.4 Å². The molecule has 254 valence electrons.